The number of pyridine rings is 1. The number of rotatable bonds is 2. The van der Waals surface area contributed by atoms with E-state index in [4.69, 9.17) is 0 Å². The van der Waals surface area contributed by atoms with Crippen LogP contribution in [0.5, 0.6) is 0 Å². The standard InChI is InChI=1S/C15H22FN3O/c1-14(2,3)19-9-7-15(4,10-19)18-13(20)12-11(16)6-5-8-17-12/h5-6,8H,7,9-10H2,1-4H3,(H,18,20). The van der Waals surface area contributed by atoms with E-state index in [2.05, 4.69) is 36.0 Å². The zero-order valence-electron chi connectivity index (χ0n) is 12.5. The van der Waals surface area contributed by atoms with Gasteiger partial charge in [0.1, 0.15) is 0 Å². The highest BCUT2D eigenvalue weighted by Gasteiger charge is 2.39. The van der Waals surface area contributed by atoms with Crippen LogP contribution in [0.25, 0.3) is 0 Å². The number of carbonyl (C=O) groups is 1. The van der Waals surface area contributed by atoms with Gasteiger partial charge in [-0.3, -0.25) is 9.69 Å². The van der Waals surface area contributed by atoms with Crippen molar-refractivity contribution in [1.29, 1.82) is 0 Å². The lowest BCUT2D eigenvalue weighted by Crippen LogP contribution is -2.50. The quantitative estimate of drug-likeness (QED) is 0.903. The molecule has 20 heavy (non-hydrogen) atoms. The number of nitrogens with one attached hydrogen (secondary N) is 1. The molecule has 0 aromatic carbocycles. The van der Waals surface area contributed by atoms with Crippen LogP contribution >= 0.6 is 0 Å². The van der Waals surface area contributed by atoms with Crippen LogP contribution in [0, 0.1) is 5.82 Å². The second kappa shape index (κ2) is 5.13. The van der Waals surface area contributed by atoms with Gasteiger partial charge in [0.2, 0.25) is 0 Å². The molecule has 2 heterocycles. The van der Waals surface area contributed by atoms with Crippen molar-refractivity contribution in [3.63, 3.8) is 0 Å². The van der Waals surface area contributed by atoms with Gasteiger partial charge in [0.05, 0.1) is 5.54 Å². The van der Waals surface area contributed by atoms with Crippen LogP contribution in [-0.4, -0.2) is 40.0 Å². The van der Waals surface area contributed by atoms with E-state index < -0.39 is 11.7 Å². The Labute approximate surface area is 119 Å². The Morgan fingerprint density at radius 2 is 2.20 bits per heavy atom. The summed E-state index contributed by atoms with van der Waals surface area (Å²) in [5.41, 5.74) is -0.407. The van der Waals surface area contributed by atoms with E-state index in [-0.39, 0.29) is 16.8 Å². The zero-order chi connectivity index (χ0) is 15.0. The lowest BCUT2D eigenvalue weighted by atomic mass is 10.0. The molecule has 1 atom stereocenters. The minimum absolute atomic E-state index is 0.0682. The second-order valence-electron chi connectivity index (χ2n) is 6.69. The second-order valence-corrected chi connectivity index (χ2v) is 6.69. The van der Waals surface area contributed by atoms with E-state index in [1.165, 1.54) is 18.3 Å². The van der Waals surface area contributed by atoms with E-state index in [1.54, 1.807) is 0 Å². The van der Waals surface area contributed by atoms with Crippen LogP contribution < -0.4 is 5.32 Å². The highest BCUT2D eigenvalue weighted by atomic mass is 19.1. The van der Waals surface area contributed by atoms with Crippen molar-refractivity contribution in [2.24, 2.45) is 0 Å². The minimum Gasteiger partial charge on any atom is -0.344 e. The van der Waals surface area contributed by atoms with Crippen LogP contribution in [0.15, 0.2) is 18.3 Å². The number of halogens is 1. The highest BCUT2D eigenvalue weighted by molar-refractivity contribution is 5.93. The number of nitrogens with zero attached hydrogens (tertiary/aromatic N) is 2. The molecule has 1 amide bonds. The Balaban J connectivity index is 2.07. The molecule has 0 bridgehead atoms. The normalized spacial score (nSPS) is 23.9. The fraction of sp³-hybridized carbons (Fsp3) is 0.600. The van der Waals surface area contributed by atoms with Gasteiger partial charge in [-0.2, -0.15) is 0 Å². The minimum atomic E-state index is -0.584. The summed E-state index contributed by atoms with van der Waals surface area (Å²) >= 11 is 0. The lowest BCUT2D eigenvalue weighted by Gasteiger charge is -2.34. The molecular formula is C15H22FN3O. The summed E-state index contributed by atoms with van der Waals surface area (Å²) in [5, 5.41) is 2.93. The summed E-state index contributed by atoms with van der Waals surface area (Å²) < 4.78 is 13.6. The number of hydrogen-bond acceptors (Lipinski definition) is 3. The fourth-order valence-electron chi connectivity index (χ4n) is 2.52. The van der Waals surface area contributed by atoms with Crippen molar-refractivity contribution in [3.05, 3.63) is 29.8 Å². The number of aromatic nitrogens is 1. The maximum atomic E-state index is 13.6. The predicted molar refractivity (Wildman–Crippen MR) is 76.0 cm³/mol. The van der Waals surface area contributed by atoms with E-state index in [0.717, 1.165) is 19.5 Å². The van der Waals surface area contributed by atoms with E-state index >= 15 is 0 Å². The van der Waals surface area contributed by atoms with Crippen molar-refractivity contribution in [2.45, 2.75) is 45.2 Å². The van der Waals surface area contributed by atoms with Crippen LogP contribution in [0.4, 0.5) is 4.39 Å². The Morgan fingerprint density at radius 1 is 1.50 bits per heavy atom. The summed E-state index contributed by atoms with van der Waals surface area (Å²) in [6.07, 6.45) is 2.28. The molecular weight excluding hydrogens is 257 g/mol. The van der Waals surface area contributed by atoms with E-state index in [1.807, 2.05) is 6.92 Å². The highest BCUT2D eigenvalue weighted by Crippen LogP contribution is 2.27. The average molecular weight is 279 g/mol. The Bertz CT molecular complexity index is 512. The van der Waals surface area contributed by atoms with Crippen molar-refractivity contribution in [3.8, 4) is 0 Å². The van der Waals surface area contributed by atoms with Crippen LogP contribution in [-0.2, 0) is 0 Å². The SMILES string of the molecule is CC1(NC(=O)c2ncccc2F)CCN(C(C)(C)C)C1. The molecule has 1 fully saturated rings. The molecule has 110 valence electrons. The fourth-order valence-corrected chi connectivity index (χ4v) is 2.52. The third kappa shape index (κ3) is 3.15. The molecule has 1 aromatic heterocycles. The summed E-state index contributed by atoms with van der Waals surface area (Å²) in [6.45, 7) is 10.1. The molecule has 4 nitrogen and oxygen atoms in total. The van der Waals surface area contributed by atoms with Gasteiger partial charge in [0.15, 0.2) is 11.5 Å². The number of hydrogen-bond donors (Lipinski definition) is 1. The van der Waals surface area contributed by atoms with Gasteiger partial charge < -0.3 is 5.32 Å². The Hall–Kier alpha value is -1.49. The first-order chi connectivity index (χ1) is 9.21. The van der Waals surface area contributed by atoms with Gasteiger partial charge >= 0.3 is 0 Å². The molecule has 1 unspecified atom stereocenters. The maximum absolute atomic E-state index is 13.6. The average Bonchev–Trinajstić information content (AvgIpc) is 2.71. The monoisotopic (exact) mass is 279 g/mol. The van der Waals surface area contributed by atoms with Gasteiger partial charge in [-0.25, -0.2) is 9.37 Å². The zero-order valence-corrected chi connectivity index (χ0v) is 12.5. The molecule has 1 aliphatic rings. The molecule has 0 saturated carbocycles. The number of likely N-dealkylation sites (tertiary alicyclic amines) is 1. The molecule has 1 aliphatic heterocycles. The third-order valence-electron chi connectivity index (χ3n) is 3.81. The summed E-state index contributed by atoms with van der Waals surface area (Å²) in [7, 11) is 0. The van der Waals surface area contributed by atoms with Crippen molar-refractivity contribution in [2.75, 3.05) is 13.1 Å². The van der Waals surface area contributed by atoms with Crippen molar-refractivity contribution < 1.29 is 9.18 Å². The van der Waals surface area contributed by atoms with E-state index in [9.17, 15) is 9.18 Å². The first kappa shape index (κ1) is 14.9. The first-order valence-corrected chi connectivity index (χ1v) is 6.89. The summed E-state index contributed by atoms with van der Waals surface area (Å²) in [4.78, 5) is 18.3. The smallest absolute Gasteiger partial charge is 0.273 e. The largest absolute Gasteiger partial charge is 0.344 e. The maximum Gasteiger partial charge on any atom is 0.273 e. The molecule has 0 aliphatic carbocycles. The number of amides is 1. The summed E-state index contributed by atoms with van der Waals surface area (Å²) in [5.74, 6) is -1.03. The molecule has 1 aromatic rings. The van der Waals surface area contributed by atoms with Crippen molar-refractivity contribution in [1.82, 2.24) is 15.2 Å². The van der Waals surface area contributed by atoms with Crippen molar-refractivity contribution >= 4 is 5.91 Å². The van der Waals surface area contributed by atoms with Gasteiger partial charge in [-0.15, -0.1) is 0 Å². The molecule has 1 N–H and O–H groups in total. The molecule has 0 spiro atoms. The van der Waals surface area contributed by atoms with Crippen LogP contribution in [0.3, 0.4) is 0 Å². The van der Waals surface area contributed by atoms with Gasteiger partial charge in [-0.1, -0.05) is 0 Å². The Kier molecular flexibility index (Phi) is 3.82. The van der Waals surface area contributed by atoms with Gasteiger partial charge in [0.25, 0.3) is 5.91 Å². The molecule has 1 saturated heterocycles. The lowest BCUT2D eigenvalue weighted by molar-refractivity contribution is 0.0886. The molecule has 5 heteroatoms. The van der Waals surface area contributed by atoms with Gasteiger partial charge in [0, 0.05) is 24.8 Å². The predicted octanol–water partition coefficient (Wildman–Crippen LogP) is 2.21. The van der Waals surface area contributed by atoms with Crippen LogP contribution in [0.1, 0.15) is 44.6 Å². The number of carbonyl (C=O) groups excluding carboxylic acids is 1. The molecule has 2 rings (SSSR count). The summed E-state index contributed by atoms with van der Waals surface area (Å²) in [6, 6.07) is 2.73. The van der Waals surface area contributed by atoms with E-state index in [0.29, 0.717) is 0 Å². The molecule has 0 radical (unpaired) electrons. The van der Waals surface area contributed by atoms with Gasteiger partial charge in [-0.05, 0) is 46.2 Å². The Morgan fingerprint density at radius 3 is 2.75 bits per heavy atom. The topological polar surface area (TPSA) is 45.2 Å². The first-order valence-electron chi connectivity index (χ1n) is 6.89. The van der Waals surface area contributed by atoms with Crippen LogP contribution in [0.2, 0.25) is 0 Å². The third-order valence-corrected chi connectivity index (χ3v) is 3.81.